The number of phenolic OH excluding ortho intramolecular Hbond substituents is 1. The molecule has 1 saturated heterocycles. The molecule has 2 aromatic carbocycles. The summed E-state index contributed by atoms with van der Waals surface area (Å²) in [5, 5.41) is 13.3. The fourth-order valence-corrected chi connectivity index (χ4v) is 3.09. The molecule has 0 saturated carbocycles. The van der Waals surface area contributed by atoms with Crippen LogP contribution in [0.1, 0.15) is 18.4 Å². The standard InChI is InChI=1S/C17H19BrN2O/c18-14-6-7-17(21)13(10-14)12-19-15-4-3-5-16(11-15)20-8-1-2-9-20/h3-7,10-11,19,21H,1-2,8-9,12H2. The molecule has 0 aliphatic carbocycles. The first kappa shape index (κ1) is 14.3. The number of phenols is 1. The second-order valence-electron chi connectivity index (χ2n) is 5.37. The van der Waals surface area contributed by atoms with Gasteiger partial charge in [-0.2, -0.15) is 0 Å². The van der Waals surface area contributed by atoms with Crippen LogP contribution in [-0.4, -0.2) is 18.2 Å². The molecule has 21 heavy (non-hydrogen) atoms. The normalized spacial score (nSPS) is 14.4. The van der Waals surface area contributed by atoms with Gasteiger partial charge < -0.3 is 15.3 Å². The summed E-state index contributed by atoms with van der Waals surface area (Å²) in [5.41, 5.74) is 3.24. The molecule has 0 spiro atoms. The summed E-state index contributed by atoms with van der Waals surface area (Å²) in [6.45, 7) is 2.90. The molecule has 4 heteroatoms. The van der Waals surface area contributed by atoms with Gasteiger partial charge in [-0.3, -0.25) is 0 Å². The van der Waals surface area contributed by atoms with Gasteiger partial charge in [0.15, 0.2) is 0 Å². The molecule has 0 bridgehead atoms. The third-order valence-electron chi connectivity index (χ3n) is 3.84. The molecule has 1 aliphatic rings. The zero-order valence-corrected chi connectivity index (χ0v) is 13.4. The van der Waals surface area contributed by atoms with Gasteiger partial charge >= 0.3 is 0 Å². The largest absolute Gasteiger partial charge is 0.508 e. The molecule has 0 unspecified atom stereocenters. The first-order valence-corrected chi connectivity index (χ1v) is 8.08. The van der Waals surface area contributed by atoms with Crippen LogP contribution in [0.2, 0.25) is 0 Å². The summed E-state index contributed by atoms with van der Waals surface area (Å²) in [7, 11) is 0. The Kier molecular flexibility index (Phi) is 4.34. The first-order chi connectivity index (χ1) is 10.2. The molecule has 2 N–H and O–H groups in total. The van der Waals surface area contributed by atoms with Crippen LogP contribution in [0.5, 0.6) is 5.75 Å². The van der Waals surface area contributed by atoms with E-state index in [1.165, 1.54) is 18.5 Å². The van der Waals surface area contributed by atoms with E-state index in [2.05, 4.69) is 50.4 Å². The van der Waals surface area contributed by atoms with Gasteiger partial charge in [0.25, 0.3) is 0 Å². The fourth-order valence-electron chi connectivity index (χ4n) is 2.68. The van der Waals surface area contributed by atoms with Crippen LogP contribution in [0.25, 0.3) is 0 Å². The predicted octanol–water partition coefficient (Wildman–Crippen LogP) is 4.37. The zero-order chi connectivity index (χ0) is 14.7. The van der Waals surface area contributed by atoms with Crippen LogP contribution in [0, 0.1) is 0 Å². The van der Waals surface area contributed by atoms with Gasteiger partial charge in [-0.05, 0) is 49.2 Å². The van der Waals surface area contributed by atoms with Crippen molar-refractivity contribution in [2.75, 3.05) is 23.3 Å². The van der Waals surface area contributed by atoms with Crippen molar-refractivity contribution in [1.29, 1.82) is 0 Å². The van der Waals surface area contributed by atoms with Crippen molar-refractivity contribution in [3.8, 4) is 5.75 Å². The molecule has 110 valence electrons. The van der Waals surface area contributed by atoms with Crippen molar-refractivity contribution in [3.63, 3.8) is 0 Å². The summed E-state index contributed by atoms with van der Waals surface area (Å²) in [4.78, 5) is 2.42. The monoisotopic (exact) mass is 346 g/mol. The van der Waals surface area contributed by atoms with E-state index in [-0.39, 0.29) is 0 Å². The Morgan fingerprint density at radius 1 is 1.10 bits per heavy atom. The summed E-state index contributed by atoms with van der Waals surface area (Å²) < 4.78 is 0.975. The molecule has 0 aromatic heterocycles. The van der Waals surface area contributed by atoms with Crippen molar-refractivity contribution in [1.82, 2.24) is 0 Å². The predicted molar refractivity (Wildman–Crippen MR) is 91.0 cm³/mol. The highest BCUT2D eigenvalue weighted by atomic mass is 79.9. The van der Waals surface area contributed by atoms with Crippen LogP contribution in [0.4, 0.5) is 11.4 Å². The third kappa shape index (κ3) is 3.50. The minimum absolute atomic E-state index is 0.321. The molecular weight excluding hydrogens is 328 g/mol. The van der Waals surface area contributed by atoms with Crippen LogP contribution in [-0.2, 0) is 6.54 Å². The molecule has 0 atom stereocenters. The number of nitrogens with one attached hydrogen (secondary N) is 1. The van der Waals surface area contributed by atoms with Gasteiger partial charge in [0.05, 0.1) is 0 Å². The highest BCUT2D eigenvalue weighted by Gasteiger charge is 2.12. The number of anilines is 2. The maximum absolute atomic E-state index is 9.87. The molecule has 2 aromatic rings. The zero-order valence-electron chi connectivity index (χ0n) is 11.8. The van der Waals surface area contributed by atoms with Crippen LogP contribution in [0.15, 0.2) is 46.9 Å². The van der Waals surface area contributed by atoms with Gasteiger partial charge in [0, 0.05) is 41.0 Å². The molecule has 0 radical (unpaired) electrons. The fraction of sp³-hybridized carbons (Fsp3) is 0.294. The number of benzene rings is 2. The Morgan fingerprint density at radius 3 is 2.71 bits per heavy atom. The number of aromatic hydroxyl groups is 1. The Labute approximate surface area is 133 Å². The Balaban J connectivity index is 1.70. The topological polar surface area (TPSA) is 35.5 Å². The van der Waals surface area contributed by atoms with E-state index in [0.717, 1.165) is 28.8 Å². The van der Waals surface area contributed by atoms with Crippen molar-refractivity contribution in [2.45, 2.75) is 19.4 Å². The molecule has 1 aliphatic heterocycles. The van der Waals surface area contributed by atoms with E-state index >= 15 is 0 Å². The summed E-state index contributed by atoms with van der Waals surface area (Å²) >= 11 is 3.43. The van der Waals surface area contributed by atoms with Crippen LogP contribution < -0.4 is 10.2 Å². The molecule has 1 heterocycles. The number of hydrogen-bond donors (Lipinski definition) is 2. The maximum atomic E-state index is 9.87. The number of hydrogen-bond acceptors (Lipinski definition) is 3. The van der Waals surface area contributed by atoms with Crippen LogP contribution in [0.3, 0.4) is 0 Å². The maximum Gasteiger partial charge on any atom is 0.120 e. The Morgan fingerprint density at radius 2 is 1.90 bits per heavy atom. The van der Waals surface area contributed by atoms with E-state index in [1.54, 1.807) is 6.07 Å². The number of nitrogens with zero attached hydrogens (tertiary/aromatic N) is 1. The summed E-state index contributed by atoms with van der Waals surface area (Å²) in [5.74, 6) is 0.321. The van der Waals surface area contributed by atoms with Crippen molar-refractivity contribution in [2.24, 2.45) is 0 Å². The minimum Gasteiger partial charge on any atom is -0.508 e. The van der Waals surface area contributed by atoms with E-state index in [0.29, 0.717) is 12.3 Å². The van der Waals surface area contributed by atoms with E-state index < -0.39 is 0 Å². The van der Waals surface area contributed by atoms with E-state index in [1.807, 2.05) is 12.1 Å². The third-order valence-corrected chi connectivity index (χ3v) is 4.34. The number of halogens is 1. The second kappa shape index (κ2) is 6.39. The van der Waals surface area contributed by atoms with Gasteiger partial charge in [-0.15, -0.1) is 0 Å². The van der Waals surface area contributed by atoms with Crippen molar-refractivity contribution < 1.29 is 5.11 Å². The van der Waals surface area contributed by atoms with Crippen molar-refractivity contribution >= 4 is 27.3 Å². The Hall–Kier alpha value is -1.68. The SMILES string of the molecule is Oc1ccc(Br)cc1CNc1cccc(N2CCCC2)c1. The second-order valence-corrected chi connectivity index (χ2v) is 6.29. The molecular formula is C17H19BrN2O. The average Bonchev–Trinajstić information content (AvgIpc) is 3.03. The number of rotatable bonds is 4. The first-order valence-electron chi connectivity index (χ1n) is 7.29. The smallest absolute Gasteiger partial charge is 0.120 e. The molecule has 3 nitrogen and oxygen atoms in total. The van der Waals surface area contributed by atoms with Crippen LogP contribution >= 0.6 is 15.9 Å². The Bertz CT molecular complexity index is 624. The van der Waals surface area contributed by atoms with Gasteiger partial charge in [0.2, 0.25) is 0 Å². The highest BCUT2D eigenvalue weighted by Crippen LogP contribution is 2.25. The van der Waals surface area contributed by atoms with Gasteiger partial charge in [-0.25, -0.2) is 0 Å². The van der Waals surface area contributed by atoms with E-state index in [9.17, 15) is 5.11 Å². The highest BCUT2D eigenvalue weighted by molar-refractivity contribution is 9.10. The van der Waals surface area contributed by atoms with Crippen molar-refractivity contribution in [3.05, 3.63) is 52.5 Å². The van der Waals surface area contributed by atoms with Gasteiger partial charge in [-0.1, -0.05) is 22.0 Å². The summed E-state index contributed by atoms with van der Waals surface area (Å²) in [6, 6.07) is 14.0. The molecule has 3 rings (SSSR count). The van der Waals surface area contributed by atoms with E-state index in [4.69, 9.17) is 0 Å². The molecule has 1 fully saturated rings. The minimum atomic E-state index is 0.321. The lowest BCUT2D eigenvalue weighted by Gasteiger charge is -2.18. The summed E-state index contributed by atoms with van der Waals surface area (Å²) in [6.07, 6.45) is 2.56. The quantitative estimate of drug-likeness (QED) is 0.862. The lowest BCUT2D eigenvalue weighted by molar-refractivity contribution is 0.469. The van der Waals surface area contributed by atoms with Gasteiger partial charge in [0.1, 0.15) is 5.75 Å². The lowest BCUT2D eigenvalue weighted by Crippen LogP contribution is -2.17. The molecule has 0 amide bonds. The average molecular weight is 347 g/mol. The lowest BCUT2D eigenvalue weighted by atomic mass is 10.2.